The zero-order valence-electron chi connectivity index (χ0n) is 14.3. The van der Waals surface area contributed by atoms with Crippen LogP contribution in [-0.2, 0) is 6.54 Å². The number of aromatic amines is 1. The number of fused-ring (bicyclic) bond motifs is 2. The van der Waals surface area contributed by atoms with E-state index in [-0.39, 0.29) is 6.04 Å². The number of nitrogens with zero attached hydrogens (tertiary/aromatic N) is 4. The lowest BCUT2D eigenvalue weighted by Gasteiger charge is -2.33. The Balaban J connectivity index is 1.68. The largest absolute Gasteiger partial charge is 0.360 e. The average Bonchev–Trinajstić information content (AvgIpc) is 3.11. The van der Waals surface area contributed by atoms with E-state index >= 15 is 0 Å². The Morgan fingerprint density at radius 2 is 2.12 bits per heavy atom. The van der Waals surface area contributed by atoms with Crippen LogP contribution in [0.3, 0.4) is 0 Å². The summed E-state index contributed by atoms with van der Waals surface area (Å²) < 4.78 is 0. The maximum atomic E-state index is 4.37. The van der Waals surface area contributed by atoms with E-state index < -0.39 is 0 Å². The molecule has 126 valence electrons. The molecule has 6 heteroatoms. The number of nitrogens with one attached hydrogen (secondary N) is 2. The number of H-pyrrole nitrogens is 1. The molecule has 25 heavy (non-hydrogen) atoms. The van der Waals surface area contributed by atoms with E-state index in [0.29, 0.717) is 5.65 Å². The van der Waals surface area contributed by atoms with Gasteiger partial charge in [0.25, 0.3) is 0 Å². The first-order chi connectivity index (χ1) is 12.3. The number of allylic oxidation sites excluding steroid dienone is 1. The molecule has 0 radical (unpaired) electrons. The quantitative estimate of drug-likeness (QED) is 0.765. The molecule has 6 nitrogen and oxygen atoms in total. The summed E-state index contributed by atoms with van der Waals surface area (Å²) in [6.07, 6.45) is 9.59. The van der Waals surface area contributed by atoms with Crippen molar-refractivity contribution in [3.05, 3.63) is 66.0 Å². The molecular formula is C19H20N6. The molecule has 0 unspecified atom stereocenters. The lowest BCUT2D eigenvalue weighted by Crippen LogP contribution is -2.31. The van der Waals surface area contributed by atoms with Gasteiger partial charge in [-0.2, -0.15) is 0 Å². The summed E-state index contributed by atoms with van der Waals surface area (Å²) in [6, 6.07) is 8.58. The molecule has 0 bridgehead atoms. The van der Waals surface area contributed by atoms with Crippen molar-refractivity contribution in [3.8, 4) is 0 Å². The van der Waals surface area contributed by atoms with Crippen molar-refractivity contribution < 1.29 is 0 Å². The predicted octanol–water partition coefficient (Wildman–Crippen LogP) is 3.54. The Labute approximate surface area is 146 Å². The summed E-state index contributed by atoms with van der Waals surface area (Å²) in [5.74, 6) is 0.759. The topological polar surface area (TPSA) is 69.7 Å². The number of rotatable bonds is 4. The summed E-state index contributed by atoms with van der Waals surface area (Å²) in [5.41, 5.74) is 5.28. The van der Waals surface area contributed by atoms with Gasteiger partial charge in [0.1, 0.15) is 11.8 Å². The van der Waals surface area contributed by atoms with Crippen LogP contribution < -0.4 is 5.32 Å². The van der Waals surface area contributed by atoms with E-state index in [0.717, 1.165) is 17.9 Å². The second-order valence-electron chi connectivity index (χ2n) is 6.07. The molecule has 3 aromatic rings. The van der Waals surface area contributed by atoms with Crippen LogP contribution in [0.15, 0.2) is 54.9 Å². The Kier molecular flexibility index (Phi) is 3.93. The van der Waals surface area contributed by atoms with Gasteiger partial charge < -0.3 is 15.2 Å². The van der Waals surface area contributed by atoms with Gasteiger partial charge in [-0.25, -0.2) is 15.0 Å². The molecule has 1 aromatic carbocycles. The molecular weight excluding hydrogens is 312 g/mol. The van der Waals surface area contributed by atoms with E-state index in [2.05, 4.69) is 79.7 Å². The average molecular weight is 332 g/mol. The van der Waals surface area contributed by atoms with Crippen LogP contribution in [0.4, 0.5) is 5.82 Å². The molecule has 2 N–H and O–H groups in total. The van der Waals surface area contributed by atoms with Crippen molar-refractivity contribution in [1.29, 1.82) is 0 Å². The van der Waals surface area contributed by atoms with Gasteiger partial charge >= 0.3 is 0 Å². The number of anilines is 1. The van der Waals surface area contributed by atoms with Gasteiger partial charge in [0, 0.05) is 12.2 Å². The fourth-order valence-corrected chi connectivity index (χ4v) is 3.18. The van der Waals surface area contributed by atoms with Gasteiger partial charge in [-0.3, -0.25) is 0 Å². The first kappa shape index (κ1) is 15.4. The van der Waals surface area contributed by atoms with Gasteiger partial charge in [0.15, 0.2) is 11.5 Å². The third-order valence-electron chi connectivity index (χ3n) is 4.38. The summed E-state index contributed by atoms with van der Waals surface area (Å²) in [7, 11) is 0. The van der Waals surface area contributed by atoms with E-state index in [9.17, 15) is 0 Å². The van der Waals surface area contributed by atoms with Gasteiger partial charge in [-0.05, 0) is 37.3 Å². The minimum atomic E-state index is 0.0750. The molecule has 0 saturated carbocycles. The molecule has 0 spiro atoms. The highest BCUT2D eigenvalue weighted by Crippen LogP contribution is 2.28. The Morgan fingerprint density at radius 3 is 3.00 bits per heavy atom. The molecule has 0 amide bonds. The van der Waals surface area contributed by atoms with E-state index in [1.54, 1.807) is 6.33 Å². The summed E-state index contributed by atoms with van der Waals surface area (Å²) >= 11 is 0. The molecule has 0 aliphatic carbocycles. The SMILES string of the molecule is C/C=C/N1Cc2ccccc2C=C1[C@H](C)Nc1ncnc2nc[nH]c12. The van der Waals surface area contributed by atoms with Crippen LogP contribution >= 0.6 is 0 Å². The molecule has 1 aliphatic heterocycles. The van der Waals surface area contributed by atoms with Crippen LogP contribution in [-0.4, -0.2) is 30.9 Å². The Morgan fingerprint density at radius 1 is 1.24 bits per heavy atom. The summed E-state index contributed by atoms with van der Waals surface area (Å²) in [6.45, 7) is 5.04. The summed E-state index contributed by atoms with van der Waals surface area (Å²) in [4.78, 5) is 18.1. The fourth-order valence-electron chi connectivity index (χ4n) is 3.18. The zero-order chi connectivity index (χ0) is 17.2. The number of imidazole rings is 1. The van der Waals surface area contributed by atoms with E-state index in [1.165, 1.54) is 23.2 Å². The maximum Gasteiger partial charge on any atom is 0.182 e. The predicted molar refractivity (Wildman–Crippen MR) is 99.5 cm³/mol. The minimum Gasteiger partial charge on any atom is -0.360 e. The monoisotopic (exact) mass is 332 g/mol. The minimum absolute atomic E-state index is 0.0750. The summed E-state index contributed by atoms with van der Waals surface area (Å²) in [5, 5.41) is 3.49. The van der Waals surface area contributed by atoms with Crippen LogP contribution in [0.2, 0.25) is 0 Å². The van der Waals surface area contributed by atoms with E-state index in [1.807, 2.05) is 6.92 Å². The number of hydrogen-bond donors (Lipinski definition) is 2. The van der Waals surface area contributed by atoms with Gasteiger partial charge in [0.2, 0.25) is 0 Å². The highest BCUT2D eigenvalue weighted by Gasteiger charge is 2.21. The number of hydrogen-bond acceptors (Lipinski definition) is 5. The van der Waals surface area contributed by atoms with Crippen molar-refractivity contribution >= 4 is 23.1 Å². The molecule has 1 atom stereocenters. The highest BCUT2D eigenvalue weighted by atomic mass is 15.2. The fraction of sp³-hybridized carbons (Fsp3) is 0.211. The molecule has 4 rings (SSSR count). The lowest BCUT2D eigenvalue weighted by molar-refractivity contribution is 0.430. The normalized spacial score (nSPS) is 15.3. The van der Waals surface area contributed by atoms with Gasteiger partial charge in [0.05, 0.1) is 12.4 Å². The van der Waals surface area contributed by atoms with Crippen molar-refractivity contribution in [2.75, 3.05) is 5.32 Å². The van der Waals surface area contributed by atoms with Crippen molar-refractivity contribution in [3.63, 3.8) is 0 Å². The van der Waals surface area contributed by atoms with Gasteiger partial charge in [-0.1, -0.05) is 30.3 Å². The molecule has 1 aliphatic rings. The smallest absolute Gasteiger partial charge is 0.182 e. The Hall–Kier alpha value is -3.15. The van der Waals surface area contributed by atoms with Crippen LogP contribution in [0, 0.1) is 0 Å². The third-order valence-corrected chi connectivity index (χ3v) is 4.38. The second-order valence-corrected chi connectivity index (χ2v) is 6.07. The third kappa shape index (κ3) is 2.87. The van der Waals surface area contributed by atoms with Crippen LogP contribution in [0.25, 0.3) is 17.2 Å². The van der Waals surface area contributed by atoms with E-state index in [4.69, 9.17) is 0 Å². The number of benzene rings is 1. The highest BCUT2D eigenvalue weighted by molar-refractivity contribution is 5.82. The van der Waals surface area contributed by atoms with Crippen LogP contribution in [0.1, 0.15) is 25.0 Å². The lowest BCUT2D eigenvalue weighted by atomic mass is 9.99. The first-order valence-electron chi connectivity index (χ1n) is 8.36. The van der Waals surface area contributed by atoms with Crippen molar-refractivity contribution in [1.82, 2.24) is 24.8 Å². The Bertz CT molecular complexity index is 955. The molecule has 2 aromatic heterocycles. The maximum absolute atomic E-state index is 4.37. The zero-order valence-corrected chi connectivity index (χ0v) is 14.3. The standard InChI is InChI=1S/C19H20N6/c1-3-8-25-10-15-7-5-4-6-14(15)9-16(25)13(2)24-19-17-18(21-11-20-17)22-12-23-19/h3-9,11-13H,10H2,1-2H3,(H2,20,21,22,23,24)/b8-3+/t13-/m0/s1. The molecule has 0 fully saturated rings. The molecule has 0 saturated heterocycles. The van der Waals surface area contributed by atoms with Gasteiger partial charge in [-0.15, -0.1) is 0 Å². The number of aromatic nitrogens is 4. The van der Waals surface area contributed by atoms with Crippen molar-refractivity contribution in [2.24, 2.45) is 0 Å². The molecule has 3 heterocycles. The second kappa shape index (κ2) is 6.39. The first-order valence-corrected chi connectivity index (χ1v) is 8.36. The van der Waals surface area contributed by atoms with Crippen molar-refractivity contribution in [2.45, 2.75) is 26.4 Å². The van der Waals surface area contributed by atoms with Crippen LogP contribution in [0.5, 0.6) is 0 Å².